The first-order chi connectivity index (χ1) is 8.84. The number of benzene rings is 1. The summed E-state index contributed by atoms with van der Waals surface area (Å²) >= 11 is 0. The number of rotatable bonds is 2. The predicted octanol–water partition coefficient (Wildman–Crippen LogP) is 2.41. The molecule has 1 unspecified atom stereocenters. The monoisotopic (exact) mass is 243 g/mol. The molecule has 0 saturated carbocycles. The number of ether oxygens (including phenoxy) is 1. The zero-order valence-corrected chi connectivity index (χ0v) is 10.2. The molecule has 1 aromatic carbocycles. The van der Waals surface area contributed by atoms with E-state index in [4.69, 9.17) is 10.5 Å². The zero-order chi connectivity index (χ0) is 12.4. The number of fused-ring (bicyclic) bond motifs is 1. The van der Waals surface area contributed by atoms with Crippen molar-refractivity contribution in [3.63, 3.8) is 0 Å². The second kappa shape index (κ2) is 4.82. The van der Waals surface area contributed by atoms with Gasteiger partial charge in [-0.25, -0.2) is 0 Å². The maximum absolute atomic E-state index is 6.19. The number of pyridine rings is 1. The highest BCUT2D eigenvalue weighted by Crippen LogP contribution is 2.28. The van der Waals surface area contributed by atoms with Crippen molar-refractivity contribution in [1.82, 2.24) is 4.98 Å². The molecule has 3 N–H and O–H groups in total. The minimum Gasteiger partial charge on any atom is -0.397 e. The summed E-state index contributed by atoms with van der Waals surface area (Å²) in [7, 11) is 0. The molecule has 0 radical (unpaired) electrons. The van der Waals surface area contributed by atoms with E-state index in [0.29, 0.717) is 6.04 Å². The van der Waals surface area contributed by atoms with E-state index in [0.717, 1.165) is 48.3 Å². The lowest BCUT2D eigenvalue weighted by molar-refractivity contribution is 0.0876. The van der Waals surface area contributed by atoms with Crippen molar-refractivity contribution >= 4 is 22.3 Å². The molecule has 0 spiro atoms. The van der Waals surface area contributed by atoms with Crippen LogP contribution in [-0.4, -0.2) is 24.2 Å². The molecule has 94 valence electrons. The summed E-state index contributed by atoms with van der Waals surface area (Å²) in [6.45, 7) is 1.62. The molecule has 1 atom stereocenters. The minimum absolute atomic E-state index is 0.357. The fourth-order valence-electron chi connectivity index (χ4n) is 2.38. The number of hydrogen-bond donors (Lipinski definition) is 2. The Morgan fingerprint density at radius 2 is 2.28 bits per heavy atom. The van der Waals surface area contributed by atoms with Crippen molar-refractivity contribution in [1.29, 1.82) is 0 Å². The molecular formula is C14H17N3O. The normalized spacial score (nSPS) is 19.9. The van der Waals surface area contributed by atoms with Gasteiger partial charge in [0.05, 0.1) is 23.5 Å². The summed E-state index contributed by atoms with van der Waals surface area (Å²) in [6.07, 6.45) is 4.01. The van der Waals surface area contributed by atoms with Crippen LogP contribution in [-0.2, 0) is 4.74 Å². The van der Waals surface area contributed by atoms with Crippen LogP contribution in [0, 0.1) is 0 Å². The van der Waals surface area contributed by atoms with Crippen molar-refractivity contribution in [3.05, 3.63) is 30.5 Å². The molecule has 1 fully saturated rings. The molecule has 1 saturated heterocycles. The van der Waals surface area contributed by atoms with Crippen molar-refractivity contribution < 1.29 is 4.74 Å². The Labute approximate surface area is 106 Å². The summed E-state index contributed by atoms with van der Waals surface area (Å²) in [6, 6.07) is 8.26. The molecule has 0 bridgehead atoms. The van der Waals surface area contributed by atoms with Gasteiger partial charge in [0.1, 0.15) is 0 Å². The third-order valence-corrected chi connectivity index (χ3v) is 3.35. The molecule has 0 aliphatic carbocycles. The number of aromatic nitrogens is 1. The Kier molecular flexibility index (Phi) is 3.02. The second-order valence-electron chi connectivity index (χ2n) is 4.66. The first-order valence-electron chi connectivity index (χ1n) is 6.32. The van der Waals surface area contributed by atoms with Crippen molar-refractivity contribution in [3.8, 4) is 0 Å². The van der Waals surface area contributed by atoms with E-state index in [9.17, 15) is 0 Å². The van der Waals surface area contributed by atoms with E-state index >= 15 is 0 Å². The smallest absolute Gasteiger partial charge is 0.0724 e. The van der Waals surface area contributed by atoms with Crippen LogP contribution in [0.3, 0.4) is 0 Å². The predicted molar refractivity (Wildman–Crippen MR) is 73.6 cm³/mol. The average molecular weight is 243 g/mol. The Balaban J connectivity index is 1.89. The zero-order valence-electron chi connectivity index (χ0n) is 10.2. The highest BCUT2D eigenvalue weighted by Gasteiger charge is 2.15. The van der Waals surface area contributed by atoms with E-state index < -0.39 is 0 Å². The third kappa shape index (κ3) is 2.11. The Bertz CT molecular complexity index is 550. The minimum atomic E-state index is 0.357. The first kappa shape index (κ1) is 11.3. The first-order valence-corrected chi connectivity index (χ1v) is 6.32. The topological polar surface area (TPSA) is 60.2 Å². The Hall–Kier alpha value is -1.81. The number of nitrogens with two attached hydrogens (primary N) is 1. The van der Waals surface area contributed by atoms with Gasteiger partial charge in [0.25, 0.3) is 0 Å². The highest BCUT2D eigenvalue weighted by atomic mass is 16.5. The van der Waals surface area contributed by atoms with Crippen molar-refractivity contribution in [2.24, 2.45) is 0 Å². The van der Waals surface area contributed by atoms with Gasteiger partial charge in [-0.2, -0.15) is 0 Å². The largest absolute Gasteiger partial charge is 0.397 e. The van der Waals surface area contributed by atoms with Crippen molar-refractivity contribution in [2.45, 2.75) is 18.9 Å². The number of anilines is 2. The molecule has 1 aliphatic rings. The standard InChI is InChI=1S/C14H17N3O/c15-14-11-4-1-7-16-12(11)5-6-13(14)17-10-3-2-8-18-9-10/h1,4-7,10,17H,2-3,8-9,15H2. The Morgan fingerprint density at radius 3 is 3.11 bits per heavy atom. The van der Waals surface area contributed by atoms with Gasteiger partial charge in [-0.1, -0.05) is 0 Å². The Morgan fingerprint density at radius 1 is 1.33 bits per heavy atom. The number of nitrogen functional groups attached to an aromatic ring is 1. The summed E-state index contributed by atoms with van der Waals surface area (Å²) in [5.41, 5.74) is 8.87. The van der Waals surface area contributed by atoms with Gasteiger partial charge in [0.2, 0.25) is 0 Å². The van der Waals surface area contributed by atoms with E-state index in [2.05, 4.69) is 10.3 Å². The van der Waals surface area contributed by atoms with E-state index in [1.807, 2.05) is 24.3 Å². The summed E-state index contributed by atoms with van der Waals surface area (Å²) in [4.78, 5) is 4.30. The van der Waals surface area contributed by atoms with Gasteiger partial charge in [0.15, 0.2) is 0 Å². The fraction of sp³-hybridized carbons (Fsp3) is 0.357. The van der Waals surface area contributed by atoms with E-state index in [1.165, 1.54) is 0 Å². The molecule has 0 amide bonds. The SMILES string of the molecule is Nc1c(NC2CCCOC2)ccc2ncccc12. The molecule has 4 nitrogen and oxygen atoms in total. The average Bonchev–Trinajstić information content (AvgIpc) is 2.43. The molecule has 4 heteroatoms. The summed E-state index contributed by atoms with van der Waals surface area (Å²) in [5, 5.41) is 4.46. The van der Waals surface area contributed by atoms with E-state index in [1.54, 1.807) is 6.20 Å². The molecule has 1 aliphatic heterocycles. The number of nitrogens with one attached hydrogen (secondary N) is 1. The molecule has 18 heavy (non-hydrogen) atoms. The number of nitrogens with zero attached hydrogens (tertiary/aromatic N) is 1. The van der Waals surface area contributed by atoms with Crippen LogP contribution in [0.2, 0.25) is 0 Å². The van der Waals surface area contributed by atoms with Gasteiger partial charge in [-0.05, 0) is 37.1 Å². The lowest BCUT2D eigenvalue weighted by Gasteiger charge is -2.25. The molecule has 2 aromatic rings. The summed E-state index contributed by atoms with van der Waals surface area (Å²) < 4.78 is 5.47. The highest BCUT2D eigenvalue weighted by molar-refractivity contribution is 5.96. The fourth-order valence-corrected chi connectivity index (χ4v) is 2.38. The molecular weight excluding hydrogens is 226 g/mol. The van der Waals surface area contributed by atoms with Crippen LogP contribution in [0.1, 0.15) is 12.8 Å². The lowest BCUT2D eigenvalue weighted by Crippen LogP contribution is -2.30. The second-order valence-corrected chi connectivity index (χ2v) is 4.66. The van der Waals surface area contributed by atoms with Crippen LogP contribution in [0.4, 0.5) is 11.4 Å². The van der Waals surface area contributed by atoms with Crippen LogP contribution in [0.25, 0.3) is 10.9 Å². The third-order valence-electron chi connectivity index (χ3n) is 3.35. The summed E-state index contributed by atoms with van der Waals surface area (Å²) in [5.74, 6) is 0. The lowest BCUT2D eigenvalue weighted by atomic mass is 10.1. The number of hydrogen-bond acceptors (Lipinski definition) is 4. The van der Waals surface area contributed by atoms with Gasteiger partial charge < -0.3 is 15.8 Å². The van der Waals surface area contributed by atoms with Crippen LogP contribution < -0.4 is 11.1 Å². The van der Waals surface area contributed by atoms with Crippen LogP contribution in [0.5, 0.6) is 0 Å². The van der Waals surface area contributed by atoms with Gasteiger partial charge in [-0.3, -0.25) is 4.98 Å². The van der Waals surface area contributed by atoms with Crippen LogP contribution in [0.15, 0.2) is 30.5 Å². The van der Waals surface area contributed by atoms with Gasteiger partial charge >= 0.3 is 0 Å². The van der Waals surface area contributed by atoms with E-state index in [-0.39, 0.29) is 0 Å². The van der Waals surface area contributed by atoms with Crippen molar-refractivity contribution in [2.75, 3.05) is 24.3 Å². The molecule has 2 heterocycles. The van der Waals surface area contributed by atoms with Gasteiger partial charge in [0, 0.05) is 24.2 Å². The van der Waals surface area contributed by atoms with Crippen LogP contribution >= 0.6 is 0 Å². The van der Waals surface area contributed by atoms with Gasteiger partial charge in [-0.15, -0.1) is 0 Å². The maximum Gasteiger partial charge on any atom is 0.0724 e. The molecule has 1 aromatic heterocycles. The molecule has 3 rings (SSSR count). The maximum atomic E-state index is 6.19. The quantitative estimate of drug-likeness (QED) is 0.795.